The number of carbonyl (C=O) groups excluding carboxylic acids is 1. The summed E-state index contributed by atoms with van der Waals surface area (Å²) in [5, 5.41) is 15.0. The number of urea groups is 1. The number of rotatable bonds is 6. The van der Waals surface area contributed by atoms with Crippen LogP contribution in [0.5, 0.6) is 0 Å². The summed E-state index contributed by atoms with van der Waals surface area (Å²) >= 11 is 0. The monoisotopic (exact) mass is 298 g/mol. The fourth-order valence-electron chi connectivity index (χ4n) is 2.66. The number of hydrogen-bond donors (Lipinski definition) is 3. The van der Waals surface area contributed by atoms with Gasteiger partial charge in [-0.1, -0.05) is 47.0 Å². The zero-order valence-corrected chi connectivity index (χ0v) is 13.8. The second kappa shape index (κ2) is 7.14. The predicted octanol–water partition coefficient (Wildman–Crippen LogP) is 3.15. The van der Waals surface area contributed by atoms with Gasteiger partial charge in [-0.3, -0.25) is 4.79 Å². The van der Waals surface area contributed by atoms with Crippen LogP contribution < -0.4 is 10.6 Å². The summed E-state index contributed by atoms with van der Waals surface area (Å²) in [4.78, 5) is 23.2. The van der Waals surface area contributed by atoms with E-state index in [1.165, 1.54) is 0 Å². The third-order valence-corrected chi connectivity index (χ3v) is 4.95. The van der Waals surface area contributed by atoms with E-state index in [4.69, 9.17) is 5.11 Å². The Balaban J connectivity index is 2.58. The molecule has 0 aromatic heterocycles. The SMILES string of the molecule is CC(C)C(C)(C)CNC(=O)NC1(CC(=O)O)CCCCC1. The molecule has 1 rings (SSSR count). The summed E-state index contributed by atoms with van der Waals surface area (Å²) in [6, 6.07) is -0.244. The van der Waals surface area contributed by atoms with Gasteiger partial charge in [-0.2, -0.15) is 0 Å². The second-order valence-corrected chi connectivity index (χ2v) is 7.36. The molecule has 0 aliphatic heterocycles. The van der Waals surface area contributed by atoms with Crippen molar-refractivity contribution in [1.82, 2.24) is 10.6 Å². The molecule has 0 saturated heterocycles. The molecule has 0 aromatic carbocycles. The summed E-state index contributed by atoms with van der Waals surface area (Å²) < 4.78 is 0. The van der Waals surface area contributed by atoms with Crippen molar-refractivity contribution in [2.24, 2.45) is 11.3 Å². The molecule has 0 spiro atoms. The molecule has 0 unspecified atom stereocenters. The van der Waals surface area contributed by atoms with Crippen LogP contribution in [0.1, 0.15) is 66.2 Å². The number of carbonyl (C=O) groups is 2. The number of hydrogen-bond acceptors (Lipinski definition) is 2. The van der Waals surface area contributed by atoms with Gasteiger partial charge in [0.2, 0.25) is 0 Å². The number of amides is 2. The number of carboxylic acid groups (broad SMARTS) is 1. The van der Waals surface area contributed by atoms with Crippen molar-refractivity contribution < 1.29 is 14.7 Å². The van der Waals surface area contributed by atoms with Gasteiger partial charge in [-0.15, -0.1) is 0 Å². The second-order valence-electron chi connectivity index (χ2n) is 7.36. The first kappa shape index (κ1) is 17.8. The van der Waals surface area contributed by atoms with Crippen molar-refractivity contribution in [3.63, 3.8) is 0 Å². The maximum atomic E-state index is 12.2. The van der Waals surface area contributed by atoms with E-state index < -0.39 is 11.5 Å². The first-order valence-electron chi connectivity index (χ1n) is 7.95. The highest BCUT2D eigenvalue weighted by molar-refractivity contribution is 5.76. The Morgan fingerprint density at radius 3 is 2.24 bits per heavy atom. The van der Waals surface area contributed by atoms with Crippen LogP contribution in [0.2, 0.25) is 0 Å². The van der Waals surface area contributed by atoms with Crippen LogP contribution in [0.25, 0.3) is 0 Å². The van der Waals surface area contributed by atoms with E-state index in [9.17, 15) is 9.59 Å². The molecule has 0 heterocycles. The van der Waals surface area contributed by atoms with Crippen molar-refractivity contribution in [2.45, 2.75) is 71.8 Å². The molecule has 2 amide bonds. The van der Waals surface area contributed by atoms with E-state index in [1.54, 1.807) is 0 Å². The Morgan fingerprint density at radius 2 is 1.76 bits per heavy atom. The van der Waals surface area contributed by atoms with E-state index in [1.807, 2.05) is 0 Å². The Bertz CT molecular complexity index is 372. The molecule has 0 atom stereocenters. The van der Waals surface area contributed by atoms with E-state index in [0.717, 1.165) is 32.1 Å². The van der Waals surface area contributed by atoms with E-state index >= 15 is 0 Å². The van der Waals surface area contributed by atoms with Crippen LogP contribution >= 0.6 is 0 Å². The minimum absolute atomic E-state index is 0.00793. The minimum atomic E-state index is -0.847. The maximum Gasteiger partial charge on any atom is 0.315 e. The molecule has 0 bridgehead atoms. The molecule has 0 radical (unpaired) electrons. The molecule has 21 heavy (non-hydrogen) atoms. The van der Waals surface area contributed by atoms with Gasteiger partial charge in [0.25, 0.3) is 0 Å². The summed E-state index contributed by atoms with van der Waals surface area (Å²) in [6.07, 6.45) is 4.58. The largest absolute Gasteiger partial charge is 0.481 e. The molecular formula is C16H30N2O3. The fourth-order valence-corrected chi connectivity index (χ4v) is 2.66. The first-order chi connectivity index (χ1) is 9.67. The van der Waals surface area contributed by atoms with Gasteiger partial charge in [0.05, 0.1) is 12.0 Å². The van der Waals surface area contributed by atoms with Gasteiger partial charge in [-0.25, -0.2) is 4.79 Å². The summed E-state index contributed by atoms with van der Waals surface area (Å²) in [5.74, 6) is -0.389. The lowest BCUT2D eigenvalue weighted by Crippen LogP contribution is -2.55. The van der Waals surface area contributed by atoms with Crippen LogP contribution in [0.3, 0.4) is 0 Å². The molecule has 0 aromatic rings. The molecular weight excluding hydrogens is 268 g/mol. The van der Waals surface area contributed by atoms with Crippen LogP contribution in [-0.2, 0) is 4.79 Å². The Hall–Kier alpha value is -1.26. The van der Waals surface area contributed by atoms with Gasteiger partial charge in [0.15, 0.2) is 0 Å². The van der Waals surface area contributed by atoms with Crippen LogP contribution in [0.15, 0.2) is 0 Å². The Morgan fingerprint density at radius 1 is 1.19 bits per heavy atom. The van der Waals surface area contributed by atoms with Gasteiger partial charge >= 0.3 is 12.0 Å². The zero-order chi connectivity index (χ0) is 16.1. The van der Waals surface area contributed by atoms with Crippen LogP contribution in [-0.4, -0.2) is 29.2 Å². The highest BCUT2D eigenvalue weighted by Crippen LogP contribution is 2.31. The molecule has 122 valence electrons. The molecule has 3 N–H and O–H groups in total. The van der Waals surface area contributed by atoms with Gasteiger partial charge < -0.3 is 15.7 Å². The van der Waals surface area contributed by atoms with E-state index in [2.05, 4.69) is 38.3 Å². The zero-order valence-electron chi connectivity index (χ0n) is 13.8. The Kier molecular flexibility index (Phi) is 6.05. The molecule has 1 fully saturated rings. The summed E-state index contributed by atoms with van der Waals surface area (Å²) in [6.45, 7) is 9.08. The molecule has 5 nitrogen and oxygen atoms in total. The lowest BCUT2D eigenvalue weighted by molar-refractivity contribution is -0.139. The Labute approximate surface area is 127 Å². The van der Waals surface area contributed by atoms with E-state index in [-0.39, 0.29) is 17.9 Å². The summed E-state index contributed by atoms with van der Waals surface area (Å²) in [5.41, 5.74) is -0.556. The molecule has 5 heteroatoms. The normalized spacial score (nSPS) is 18.3. The number of nitrogens with one attached hydrogen (secondary N) is 2. The smallest absolute Gasteiger partial charge is 0.315 e. The van der Waals surface area contributed by atoms with Gasteiger partial charge in [0.1, 0.15) is 0 Å². The minimum Gasteiger partial charge on any atom is -0.481 e. The summed E-state index contributed by atoms with van der Waals surface area (Å²) in [7, 11) is 0. The lowest BCUT2D eigenvalue weighted by atomic mass is 9.79. The highest BCUT2D eigenvalue weighted by atomic mass is 16.4. The van der Waals surface area contributed by atoms with Crippen LogP contribution in [0, 0.1) is 11.3 Å². The predicted molar refractivity (Wildman–Crippen MR) is 83.2 cm³/mol. The fraction of sp³-hybridized carbons (Fsp3) is 0.875. The number of carboxylic acids is 1. The van der Waals surface area contributed by atoms with Crippen LogP contribution in [0.4, 0.5) is 4.79 Å². The standard InChI is InChI=1S/C16H30N2O3/c1-12(2)15(3,4)11-17-14(21)18-16(10-13(19)20)8-6-5-7-9-16/h12H,5-11H2,1-4H3,(H,19,20)(H2,17,18,21). The van der Waals surface area contributed by atoms with E-state index in [0.29, 0.717) is 12.5 Å². The third-order valence-electron chi connectivity index (χ3n) is 4.95. The average Bonchev–Trinajstić information content (AvgIpc) is 2.36. The topological polar surface area (TPSA) is 78.4 Å². The quantitative estimate of drug-likeness (QED) is 0.705. The van der Waals surface area contributed by atoms with Crippen molar-refractivity contribution in [3.8, 4) is 0 Å². The number of aliphatic carboxylic acids is 1. The average molecular weight is 298 g/mol. The van der Waals surface area contributed by atoms with Crippen molar-refractivity contribution in [1.29, 1.82) is 0 Å². The highest BCUT2D eigenvalue weighted by Gasteiger charge is 2.36. The van der Waals surface area contributed by atoms with Crippen molar-refractivity contribution in [2.75, 3.05) is 6.54 Å². The van der Waals surface area contributed by atoms with Crippen molar-refractivity contribution >= 4 is 12.0 Å². The third kappa shape index (κ3) is 5.56. The molecule has 1 aliphatic carbocycles. The maximum absolute atomic E-state index is 12.2. The lowest BCUT2D eigenvalue weighted by Gasteiger charge is -2.37. The molecule has 1 aliphatic rings. The first-order valence-corrected chi connectivity index (χ1v) is 7.95. The molecule has 1 saturated carbocycles. The van der Waals surface area contributed by atoms with Gasteiger partial charge in [-0.05, 0) is 24.2 Å². The van der Waals surface area contributed by atoms with Gasteiger partial charge in [0, 0.05) is 6.54 Å². The van der Waals surface area contributed by atoms with Crippen molar-refractivity contribution in [3.05, 3.63) is 0 Å².